The van der Waals surface area contributed by atoms with Crippen LogP contribution in [0.15, 0.2) is 205 Å². The van der Waals surface area contributed by atoms with Crippen molar-refractivity contribution in [3.8, 4) is 33.4 Å². The highest BCUT2D eigenvalue weighted by molar-refractivity contribution is 7.17. The van der Waals surface area contributed by atoms with Gasteiger partial charge in [-0.25, -0.2) is 0 Å². The SMILES string of the molecule is C\C=C/C(=C\C=C\c1cccc2c1-c1ccccc1C21c2ccccc2-c2c1ccc1c2oc2ccccc21)c1cccc2c3c(sc12)=CC(C)(C)C=3.Nc1ccc(-c2ccccc2)cc1. The lowest BCUT2D eigenvalue weighted by Crippen LogP contribution is -2.25. The number of para-hydroxylation sites is 1. The predicted molar refractivity (Wildman–Crippen MR) is 282 cm³/mol. The van der Waals surface area contributed by atoms with Crippen molar-refractivity contribution in [2.75, 3.05) is 5.73 Å². The molecule has 1 spiro atoms. The highest BCUT2D eigenvalue weighted by atomic mass is 32.1. The summed E-state index contributed by atoms with van der Waals surface area (Å²) in [4.78, 5) is 0. The van der Waals surface area contributed by atoms with E-state index in [0.717, 1.165) is 22.2 Å². The van der Waals surface area contributed by atoms with E-state index in [4.69, 9.17) is 10.2 Å². The summed E-state index contributed by atoms with van der Waals surface area (Å²) in [7, 11) is 0. The number of rotatable bonds is 5. The number of allylic oxidation sites excluding steroid dienone is 5. The molecule has 8 aromatic carbocycles. The second-order valence-electron chi connectivity index (χ2n) is 18.2. The molecule has 0 saturated carbocycles. The first-order valence-electron chi connectivity index (χ1n) is 22.8. The van der Waals surface area contributed by atoms with Crippen molar-refractivity contribution in [1.29, 1.82) is 0 Å². The molecule has 0 aliphatic heterocycles. The summed E-state index contributed by atoms with van der Waals surface area (Å²) >= 11 is 1.92. The molecule has 0 amide bonds. The standard InChI is InChI=1S/C51H36OS.C12H11N/c1-4-14-31(33-21-13-22-36-39-29-50(2,3)30-45(39)53-49(33)36)15-11-16-32-17-12-25-42-46(32)37-19-5-8-23-40(37)51(42)41-24-9-6-20-38(41)47-43(51)28-27-35-34-18-7-10-26-44(34)52-48(35)47;13-12-8-6-11(7-9-12)10-4-2-1-3-5-10/h4-30H,1-3H3;1-9H,13H2/b14-4-,16-11+,31-15+;. The number of thiophene rings is 1. The first kappa shape index (κ1) is 39.8. The van der Waals surface area contributed by atoms with Crippen molar-refractivity contribution in [3.63, 3.8) is 0 Å². The maximum absolute atomic E-state index is 6.71. The van der Waals surface area contributed by atoms with Crippen LogP contribution in [0, 0.1) is 5.41 Å². The van der Waals surface area contributed by atoms with Gasteiger partial charge in [0.15, 0.2) is 0 Å². The molecule has 3 aliphatic rings. The molecule has 2 aromatic heterocycles. The Morgan fingerprint density at radius 1 is 0.576 bits per heavy atom. The molecule has 0 bridgehead atoms. The lowest BCUT2D eigenvalue weighted by molar-refractivity contribution is 0.669. The average molecular weight is 866 g/mol. The van der Waals surface area contributed by atoms with Crippen molar-refractivity contribution in [2.24, 2.45) is 5.41 Å². The number of nitrogens with two attached hydrogens (primary N) is 1. The number of hydrogen-bond acceptors (Lipinski definition) is 3. The summed E-state index contributed by atoms with van der Waals surface area (Å²) < 4.78 is 9.45. The van der Waals surface area contributed by atoms with Crippen LogP contribution >= 0.6 is 11.3 Å². The molecule has 0 fully saturated rings. The molecule has 2 nitrogen and oxygen atoms in total. The van der Waals surface area contributed by atoms with E-state index >= 15 is 0 Å². The van der Waals surface area contributed by atoms with Crippen LogP contribution < -0.4 is 15.5 Å². The fourth-order valence-electron chi connectivity index (χ4n) is 11.0. The minimum atomic E-state index is -0.446. The Morgan fingerprint density at radius 2 is 1.23 bits per heavy atom. The average Bonchev–Trinajstić information content (AvgIpc) is 4.13. The van der Waals surface area contributed by atoms with Gasteiger partial charge in [-0.15, -0.1) is 11.3 Å². The summed E-state index contributed by atoms with van der Waals surface area (Å²) in [5.74, 6) is 0. The lowest BCUT2D eigenvalue weighted by atomic mass is 9.70. The predicted octanol–water partition coefficient (Wildman–Crippen LogP) is 15.4. The zero-order valence-electron chi connectivity index (χ0n) is 37.2. The van der Waals surface area contributed by atoms with Gasteiger partial charge in [0.05, 0.1) is 5.41 Å². The van der Waals surface area contributed by atoms with Crippen molar-refractivity contribution in [1.82, 2.24) is 0 Å². The highest BCUT2D eigenvalue weighted by Crippen LogP contribution is 2.64. The van der Waals surface area contributed by atoms with Gasteiger partial charge < -0.3 is 10.2 Å². The fourth-order valence-corrected chi connectivity index (χ4v) is 12.4. The summed E-state index contributed by atoms with van der Waals surface area (Å²) in [5.41, 5.74) is 24.4. The molecule has 1 atom stereocenters. The van der Waals surface area contributed by atoms with Gasteiger partial charge in [-0.2, -0.15) is 0 Å². The number of anilines is 1. The first-order valence-corrected chi connectivity index (χ1v) is 23.6. The van der Waals surface area contributed by atoms with Gasteiger partial charge in [0.25, 0.3) is 0 Å². The van der Waals surface area contributed by atoms with Crippen LogP contribution in [0.1, 0.15) is 54.2 Å². The van der Waals surface area contributed by atoms with Crippen molar-refractivity contribution in [2.45, 2.75) is 26.2 Å². The number of fused-ring (bicyclic) bond motifs is 17. The molecule has 0 radical (unpaired) electrons. The van der Waals surface area contributed by atoms with Gasteiger partial charge in [-0.05, 0) is 97.1 Å². The molecule has 2 heterocycles. The second-order valence-corrected chi connectivity index (χ2v) is 19.3. The zero-order chi connectivity index (χ0) is 44.6. The molecule has 3 heteroatoms. The topological polar surface area (TPSA) is 39.2 Å². The summed E-state index contributed by atoms with van der Waals surface area (Å²) in [6.45, 7) is 6.68. The summed E-state index contributed by atoms with van der Waals surface area (Å²) in [6, 6.07) is 62.9. The number of nitrogen functional groups attached to an aromatic ring is 1. The third-order valence-corrected chi connectivity index (χ3v) is 14.9. The molecule has 13 rings (SSSR count). The lowest BCUT2D eigenvalue weighted by Gasteiger charge is -2.30. The molecule has 3 aliphatic carbocycles. The van der Waals surface area contributed by atoms with Gasteiger partial charge in [0.2, 0.25) is 0 Å². The Balaban J connectivity index is 0.000000303. The van der Waals surface area contributed by atoms with E-state index in [1.54, 1.807) is 0 Å². The molecule has 66 heavy (non-hydrogen) atoms. The molecule has 2 N–H and O–H groups in total. The third-order valence-electron chi connectivity index (χ3n) is 13.7. The fraction of sp³-hybridized carbons (Fsp3) is 0.0794. The van der Waals surface area contributed by atoms with Crippen LogP contribution in [0.4, 0.5) is 5.69 Å². The quantitative estimate of drug-likeness (QED) is 0.138. The van der Waals surface area contributed by atoms with E-state index in [2.05, 4.69) is 197 Å². The van der Waals surface area contributed by atoms with E-state index in [0.29, 0.717) is 0 Å². The van der Waals surface area contributed by atoms with Crippen LogP contribution in [-0.2, 0) is 5.41 Å². The Hall–Kier alpha value is -7.72. The third kappa shape index (κ3) is 6.15. The second kappa shape index (κ2) is 15.5. The Labute approximate surface area is 389 Å². The Kier molecular flexibility index (Phi) is 9.34. The number of benzene rings is 8. The monoisotopic (exact) mass is 865 g/mol. The first-order chi connectivity index (χ1) is 32.3. The molecule has 316 valence electrons. The van der Waals surface area contributed by atoms with Crippen LogP contribution in [0.2, 0.25) is 0 Å². The largest absolute Gasteiger partial charge is 0.455 e. The van der Waals surface area contributed by atoms with E-state index in [1.807, 2.05) is 53.8 Å². The van der Waals surface area contributed by atoms with Gasteiger partial charge >= 0.3 is 0 Å². The van der Waals surface area contributed by atoms with E-state index < -0.39 is 5.41 Å². The van der Waals surface area contributed by atoms with Crippen molar-refractivity contribution in [3.05, 3.63) is 243 Å². The Morgan fingerprint density at radius 3 is 2.02 bits per heavy atom. The minimum absolute atomic E-state index is 0.103. The smallest absolute Gasteiger partial charge is 0.143 e. The molecule has 10 aromatic rings. The number of furan rings is 1. The van der Waals surface area contributed by atoms with Gasteiger partial charge in [0, 0.05) is 42.1 Å². The Bertz CT molecular complexity index is 3800. The van der Waals surface area contributed by atoms with Crippen molar-refractivity contribution < 1.29 is 4.42 Å². The molecule has 1 unspecified atom stereocenters. The molecular weight excluding hydrogens is 819 g/mol. The number of hydrogen-bond donors (Lipinski definition) is 1. The van der Waals surface area contributed by atoms with Gasteiger partial charge in [0.1, 0.15) is 11.2 Å². The maximum atomic E-state index is 6.71. The van der Waals surface area contributed by atoms with Gasteiger partial charge in [-0.1, -0.05) is 214 Å². The van der Waals surface area contributed by atoms with Crippen LogP contribution in [0.25, 0.3) is 89.2 Å². The van der Waals surface area contributed by atoms with E-state index in [-0.39, 0.29) is 5.41 Å². The van der Waals surface area contributed by atoms with Crippen LogP contribution in [-0.4, -0.2) is 0 Å². The highest BCUT2D eigenvalue weighted by Gasteiger charge is 2.52. The molecule has 0 saturated heterocycles. The maximum Gasteiger partial charge on any atom is 0.143 e. The van der Waals surface area contributed by atoms with E-state index in [1.165, 1.54) is 97.6 Å². The van der Waals surface area contributed by atoms with E-state index in [9.17, 15) is 0 Å². The van der Waals surface area contributed by atoms with Crippen LogP contribution in [0.3, 0.4) is 0 Å². The normalized spacial score (nSPS) is 16.3. The summed E-state index contributed by atoms with van der Waals surface area (Å²) in [5, 5.41) is 5.06. The zero-order valence-corrected chi connectivity index (χ0v) is 38.0. The molecular formula is C63H47NOS. The summed E-state index contributed by atoms with van der Waals surface area (Å²) in [6.07, 6.45) is 16.1. The van der Waals surface area contributed by atoms with Gasteiger partial charge in [-0.3, -0.25) is 0 Å². The van der Waals surface area contributed by atoms with Crippen LogP contribution in [0.5, 0.6) is 0 Å². The minimum Gasteiger partial charge on any atom is -0.455 e. The van der Waals surface area contributed by atoms with Crippen molar-refractivity contribution >= 4 is 72.8 Å².